The van der Waals surface area contributed by atoms with Crippen molar-refractivity contribution in [3.05, 3.63) is 271 Å². The average molecular weight is 804 g/mol. The molecule has 0 radical (unpaired) electrons. The molecule has 10 aromatic carbocycles. The third-order valence-electron chi connectivity index (χ3n) is 13.0. The van der Waals surface area contributed by atoms with Gasteiger partial charge in [0.25, 0.3) is 0 Å². The van der Waals surface area contributed by atoms with Gasteiger partial charge in [0.15, 0.2) is 0 Å². The predicted octanol–water partition coefficient (Wildman–Crippen LogP) is 16.4. The SMILES string of the molecule is c1ccc(-c2ccc(N(c3ccc(-c4ccc(-c5ccc6c(c5)-c5oc7ccccc7c5C6(c5ccccc5)c5ccccc5)cc4)cc3)c3cccc4ccccc34)cc2)cc1. The molecule has 63 heavy (non-hydrogen) atoms. The zero-order valence-corrected chi connectivity index (χ0v) is 34.5. The molecule has 1 heterocycles. The summed E-state index contributed by atoms with van der Waals surface area (Å²) in [7, 11) is 0. The van der Waals surface area contributed by atoms with E-state index in [-0.39, 0.29) is 0 Å². The summed E-state index contributed by atoms with van der Waals surface area (Å²) in [5.41, 5.74) is 16.8. The minimum Gasteiger partial charge on any atom is -0.456 e. The Hall–Kier alpha value is -8.20. The molecule has 0 spiro atoms. The summed E-state index contributed by atoms with van der Waals surface area (Å²) < 4.78 is 6.83. The molecule has 1 aromatic heterocycles. The number of fused-ring (bicyclic) bond motifs is 6. The first kappa shape index (κ1) is 36.6. The molecule has 2 heteroatoms. The van der Waals surface area contributed by atoms with E-state index in [9.17, 15) is 0 Å². The molecule has 0 unspecified atom stereocenters. The van der Waals surface area contributed by atoms with Gasteiger partial charge in [-0.3, -0.25) is 0 Å². The summed E-state index contributed by atoms with van der Waals surface area (Å²) in [5.74, 6) is 0.946. The lowest BCUT2D eigenvalue weighted by Gasteiger charge is -2.33. The number of hydrogen-bond acceptors (Lipinski definition) is 2. The first-order valence-electron chi connectivity index (χ1n) is 21.7. The van der Waals surface area contributed by atoms with Gasteiger partial charge < -0.3 is 9.32 Å². The van der Waals surface area contributed by atoms with Gasteiger partial charge in [0.05, 0.1) is 11.1 Å². The molecule has 12 rings (SSSR count). The van der Waals surface area contributed by atoms with Crippen LogP contribution < -0.4 is 4.90 Å². The largest absolute Gasteiger partial charge is 0.456 e. The summed E-state index contributed by atoms with van der Waals surface area (Å²) >= 11 is 0. The molecule has 11 aromatic rings. The van der Waals surface area contributed by atoms with Crippen LogP contribution in [-0.4, -0.2) is 0 Å². The van der Waals surface area contributed by atoms with Crippen LogP contribution in [0.2, 0.25) is 0 Å². The Kier molecular flexibility index (Phi) is 8.76. The van der Waals surface area contributed by atoms with Crippen molar-refractivity contribution >= 4 is 38.8 Å². The Morgan fingerprint density at radius 1 is 0.349 bits per heavy atom. The lowest BCUT2D eigenvalue weighted by molar-refractivity contribution is 0.628. The number of para-hydroxylation sites is 1. The number of anilines is 3. The van der Waals surface area contributed by atoms with Crippen molar-refractivity contribution in [2.45, 2.75) is 5.41 Å². The summed E-state index contributed by atoms with van der Waals surface area (Å²) in [6.45, 7) is 0. The van der Waals surface area contributed by atoms with Crippen LogP contribution in [0.4, 0.5) is 17.1 Å². The fourth-order valence-corrected chi connectivity index (χ4v) is 10.0. The molecule has 1 aliphatic rings. The van der Waals surface area contributed by atoms with Crippen LogP contribution >= 0.6 is 0 Å². The average Bonchev–Trinajstić information content (AvgIpc) is 3.89. The van der Waals surface area contributed by atoms with Crippen LogP contribution in [-0.2, 0) is 5.41 Å². The lowest BCUT2D eigenvalue weighted by atomic mass is 9.67. The van der Waals surface area contributed by atoms with Crippen molar-refractivity contribution in [3.8, 4) is 44.7 Å². The van der Waals surface area contributed by atoms with Gasteiger partial charge in [0.1, 0.15) is 11.3 Å². The normalized spacial score (nSPS) is 12.6. The number of nitrogens with zero attached hydrogens (tertiary/aromatic N) is 1. The van der Waals surface area contributed by atoms with E-state index in [4.69, 9.17) is 4.42 Å². The van der Waals surface area contributed by atoms with Crippen molar-refractivity contribution in [3.63, 3.8) is 0 Å². The highest BCUT2D eigenvalue weighted by atomic mass is 16.3. The minimum absolute atomic E-state index is 0.525. The van der Waals surface area contributed by atoms with E-state index in [2.05, 4.69) is 254 Å². The molecule has 0 N–H and O–H groups in total. The number of rotatable bonds is 8. The van der Waals surface area contributed by atoms with Crippen molar-refractivity contribution in [2.75, 3.05) is 4.90 Å². The van der Waals surface area contributed by atoms with Crippen molar-refractivity contribution in [2.24, 2.45) is 0 Å². The summed E-state index contributed by atoms with van der Waals surface area (Å²) in [6, 6.07) is 89.9. The molecular weight excluding hydrogens is 763 g/mol. The van der Waals surface area contributed by atoms with Crippen molar-refractivity contribution < 1.29 is 4.42 Å². The van der Waals surface area contributed by atoms with Crippen LogP contribution in [0.5, 0.6) is 0 Å². The molecule has 1 aliphatic carbocycles. The van der Waals surface area contributed by atoms with E-state index in [0.717, 1.165) is 50.5 Å². The van der Waals surface area contributed by atoms with E-state index in [1.165, 1.54) is 55.3 Å². The second kappa shape index (κ2) is 15.1. The molecule has 0 atom stereocenters. The van der Waals surface area contributed by atoms with Crippen molar-refractivity contribution in [1.82, 2.24) is 0 Å². The predicted molar refractivity (Wildman–Crippen MR) is 262 cm³/mol. The Morgan fingerprint density at radius 2 is 0.810 bits per heavy atom. The monoisotopic (exact) mass is 803 g/mol. The van der Waals surface area contributed by atoms with Crippen LogP contribution in [0.1, 0.15) is 22.3 Å². The van der Waals surface area contributed by atoms with E-state index >= 15 is 0 Å². The minimum atomic E-state index is -0.525. The van der Waals surface area contributed by atoms with Gasteiger partial charge in [-0.25, -0.2) is 0 Å². The van der Waals surface area contributed by atoms with Gasteiger partial charge in [-0.15, -0.1) is 0 Å². The van der Waals surface area contributed by atoms with Gasteiger partial charge in [0.2, 0.25) is 0 Å². The number of hydrogen-bond donors (Lipinski definition) is 0. The third-order valence-corrected chi connectivity index (χ3v) is 13.0. The maximum absolute atomic E-state index is 6.83. The Bertz CT molecular complexity index is 3360. The number of benzene rings is 10. The van der Waals surface area contributed by atoms with Gasteiger partial charge in [0, 0.05) is 33.3 Å². The molecular formula is C61H41NO. The highest BCUT2D eigenvalue weighted by Gasteiger charge is 2.49. The summed E-state index contributed by atoms with van der Waals surface area (Å²) in [5, 5.41) is 3.57. The smallest absolute Gasteiger partial charge is 0.140 e. The fourth-order valence-electron chi connectivity index (χ4n) is 10.0. The van der Waals surface area contributed by atoms with E-state index in [1.807, 2.05) is 0 Å². The molecule has 0 fully saturated rings. The van der Waals surface area contributed by atoms with Crippen LogP contribution in [0, 0.1) is 0 Å². The van der Waals surface area contributed by atoms with E-state index in [1.54, 1.807) is 0 Å². The van der Waals surface area contributed by atoms with Crippen LogP contribution in [0.25, 0.3) is 66.4 Å². The van der Waals surface area contributed by atoms with E-state index < -0.39 is 5.41 Å². The first-order chi connectivity index (χ1) is 31.2. The molecule has 0 saturated heterocycles. The van der Waals surface area contributed by atoms with Gasteiger partial charge in [-0.2, -0.15) is 0 Å². The zero-order valence-electron chi connectivity index (χ0n) is 34.5. The summed E-state index contributed by atoms with van der Waals surface area (Å²) in [6.07, 6.45) is 0. The highest BCUT2D eigenvalue weighted by molar-refractivity contribution is 6.00. The topological polar surface area (TPSA) is 16.4 Å². The van der Waals surface area contributed by atoms with Gasteiger partial charge >= 0.3 is 0 Å². The fraction of sp³-hybridized carbons (Fsp3) is 0.0164. The Labute approximate surface area is 367 Å². The van der Waals surface area contributed by atoms with Crippen LogP contribution in [0.15, 0.2) is 253 Å². The maximum Gasteiger partial charge on any atom is 0.140 e. The second-order valence-corrected chi connectivity index (χ2v) is 16.4. The zero-order chi connectivity index (χ0) is 41.7. The molecule has 0 amide bonds. The molecule has 2 nitrogen and oxygen atoms in total. The Morgan fingerprint density at radius 3 is 1.43 bits per heavy atom. The molecule has 0 bridgehead atoms. The first-order valence-corrected chi connectivity index (χ1v) is 21.7. The standard InChI is InChI=1S/C61H41NO/c1-4-15-42(16-5-1)44-31-36-51(37-32-44)62(57-25-14-18-47-17-10-11-23-53(47)57)52-38-33-45(34-39-52)43-27-29-46(30-28-43)48-35-40-56-55(41-48)60-59(54-24-12-13-26-58(54)63-60)61(56,49-19-6-2-7-20-49)50-21-8-3-9-22-50/h1-41H. The molecule has 0 saturated carbocycles. The number of furan rings is 1. The van der Waals surface area contributed by atoms with Gasteiger partial charge in [-0.05, 0) is 97.9 Å². The molecule has 0 aliphatic heterocycles. The summed E-state index contributed by atoms with van der Waals surface area (Å²) in [4.78, 5) is 2.37. The highest BCUT2D eigenvalue weighted by Crippen LogP contribution is 2.59. The van der Waals surface area contributed by atoms with E-state index in [0.29, 0.717) is 0 Å². The lowest BCUT2D eigenvalue weighted by Crippen LogP contribution is -2.28. The molecule has 296 valence electrons. The second-order valence-electron chi connectivity index (χ2n) is 16.4. The van der Waals surface area contributed by atoms with Crippen LogP contribution in [0.3, 0.4) is 0 Å². The Balaban J connectivity index is 0.907. The quantitative estimate of drug-likeness (QED) is 0.152. The maximum atomic E-state index is 6.83. The van der Waals surface area contributed by atoms with Crippen molar-refractivity contribution in [1.29, 1.82) is 0 Å². The van der Waals surface area contributed by atoms with Gasteiger partial charge in [-0.1, -0.05) is 206 Å². The third kappa shape index (κ3) is 6.02.